The Labute approximate surface area is 180 Å². The number of ether oxygens (including phenoxy) is 2. The topological polar surface area (TPSA) is 80.4 Å². The van der Waals surface area contributed by atoms with Gasteiger partial charge in [0.1, 0.15) is 17.3 Å². The maximum atomic E-state index is 13.7. The lowest BCUT2D eigenvalue weighted by molar-refractivity contribution is -0.143. The Morgan fingerprint density at radius 1 is 1.13 bits per heavy atom. The van der Waals surface area contributed by atoms with E-state index in [1.165, 1.54) is 19.2 Å². The summed E-state index contributed by atoms with van der Waals surface area (Å²) in [6, 6.07) is 14.8. The van der Waals surface area contributed by atoms with Gasteiger partial charge in [0, 0.05) is 17.8 Å². The third kappa shape index (κ3) is 5.94. The molecule has 2 aromatic carbocycles. The first-order valence-electron chi connectivity index (χ1n) is 10.0. The lowest BCUT2D eigenvalue weighted by atomic mass is 9.98. The number of rotatable bonds is 9. The number of nitrogens with one attached hydrogen (secondary N) is 2. The van der Waals surface area contributed by atoms with Gasteiger partial charge in [-0.15, -0.1) is 0 Å². The molecule has 0 saturated heterocycles. The van der Waals surface area contributed by atoms with Crippen LogP contribution in [-0.2, 0) is 16.0 Å². The minimum atomic E-state index is -0.440. The zero-order chi connectivity index (χ0) is 22.2. The molecule has 3 rings (SSSR count). The van der Waals surface area contributed by atoms with E-state index >= 15 is 0 Å². The maximum absolute atomic E-state index is 13.7. The van der Waals surface area contributed by atoms with Gasteiger partial charge in [-0.1, -0.05) is 24.3 Å². The highest BCUT2D eigenvalue weighted by molar-refractivity contribution is 5.92. The summed E-state index contributed by atoms with van der Waals surface area (Å²) in [5.74, 6) is -0.435. The van der Waals surface area contributed by atoms with Crippen molar-refractivity contribution in [3.8, 4) is 16.9 Å². The van der Waals surface area contributed by atoms with Gasteiger partial charge in [0.15, 0.2) is 0 Å². The largest absolute Gasteiger partial charge is 0.496 e. The molecular weight excluding hydrogens is 399 g/mol. The highest BCUT2D eigenvalue weighted by Gasteiger charge is 2.19. The highest BCUT2D eigenvalue weighted by Crippen LogP contribution is 2.30. The highest BCUT2D eigenvalue weighted by atomic mass is 19.1. The number of aromatic nitrogens is 1. The molecular formula is C24H25FN2O4. The smallest absolute Gasteiger partial charge is 0.307 e. The average Bonchev–Trinajstić information content (AvgIpc) is 3.29. The van der Waals surface area contributed by atoms with Gasteiger partial charge in [-0.05, 0) is 54.8 Å². The lowest BCUT2D eigenvalue weighted by Gasteiger charge is -2.18. The van der Waals surface area contributed by atoms with Crippen LogP contribution in [0.1, 0.15) is 29.4 Å². The molecule has 3 aromatic rings. The molecule has 0 aliphatic heterocycles. The van der Waals surface area contributed by atoms with Gasteiger partial charge in [0.05, 0.1) is 20.1 Å². The van der Waals surface area contributed by atoms with Gasteiger partial charge >= 0.3 is 5.97 Å². The van der Waals surface area contributed by atoms with Crippen molar-refractivity contribution >= 4 is 11.9 Å². The van der Waals surface area contributed by atoms with E-state index in [1.54, 1.807) is 31.3 Å². The average molecular weight is 424 g/mol. The predicted molar refractivity (Wildman–Crippen MR) is 115 cm³/mol. The molecule has 0 aliphatic rings. The van der Waals surface area contributed by atoms with Gasteiger partial charge in [0.25, 0.3) is 5.91 Å². The molecule has 0 saturated carbocycles. The number of hydrogen-bond donors (Lipinski definition) is 2. The SMILES string of the molecule is CCOC(=O)C[C@@H](Cc1ccc(-c2cc(F)ccc2OC)cc1)NC(=O)c1ccc[nH]1. The molecule has 1 aromatic heterocycles. The second-order valence-electron chi connectivity index (χ2n) is 7.01. The molecule has 0 spiro atoms. The molecule has 7 heteroatoms. The van der Waals surface area contributed by atoms with Gasteiger partial charge < -0.3 is 19.8 Å². The Balaban J connectivity index is 1.76. The van der Waals surface area contributed by atoms with Gasteiger partial charge in [0.2, 0.25) is 0 Å². The van der Waals surface area contributed by atoms with Crippen LogP contribution in [0, 0.1) is 5.82 Å². The molecule has 0 aliphatic carbocycles. The van der Waals surface area contributed by atoms with Gasteiger partial charge in [-0.2, -0.15) is 0 Å². The monoisotopic (exact) mass is 424 g/mol. The molecule has 31 heavy (non-hydrogen) atoms. The van der Waals surface area contributed by atoms with Crippen molar-refractivity contribution in [3.63, 3.8) is 0 Å². The zero-order valence-corrected chi connectivity index (χ0v) is 17.5. The number of esters is 1. The predicted octanol–water partition coefficient (Wildman–Crippen LogP) is 4.12. The Bertz CT molecular complexity index is 1020. The van der Waals surface area contributed by atoms with Crippen LogP contribution in [0.25, 0.3) is 11.1 Å². The Kier molecular flexibility index (Phi) is 7.43. The summed E-state index contributed by atoms with van der Waals surface area (Å²) in [6.45, 7) is 2.02. The van der Waals surface area contributed by atoms with E-state index in [9.17, 15) is 14.0 Å². The van der Waals surface area contributed by atoms with E-state index < -0.39 is 6.04 Å². The van der Waals surface area contributed by atoms with Crippen LogP contribution < -0.4 is 10.1 Å². The van der Waals surface area contributed by atoms with E-state index in [-0.39, 0.29) is 30.7 Å². The van der Waals surface area contributed by atoms with Crippen molar-refractivity contribution < 1.29 is 23.5 Å². The van der Waals surface area contributed by atoms with Gasteiger partial charge in [-0.3, -0.25) is 9.59 Å². The number of amides is 1. The summed E-state index contributed by atoms with van der Waals surface area (Å²) in [5, 5.41) is 2.89. The van der Waals surface area contributed by atoms with Crippen molar-refractivity contribution in [1.82, 2.24) is 10.3 Å². The minimum absolute atomic E-state index is 0.0553. The fraction of sp³-hybridized carbons (Fsp3) is 0.250. The molecule has 162 valence electrons. The van der Waals surface area contributed by atoms with Crippen molar-refractivity contribution in [3.05, 3.63) is 77.9 Å². The summed E-state index contributed by atoms with van der Waals surface area (Å²) in [4.78, 5) is 27.3. The molecule has 0 radical (unpaired) electrons. The van der Waals surface area contributed by atoms with Crippen LogP contribution in [0.4, 0.5) is 4.39 Å². The number of carbonyl (C=O) groups is 2. The van der Waals surface area contributed by atoms with Crippen molar-refractivity contribution in [2.75, 3.05) is 13.7 Å². The Hall–Kier alpha value is -3.61. The molecule has 2 N–H and O–H groups in total. The van der Waals surface area contributed by atoms with Crippen molar-refractivity contribution in [2.45, 2.75) is 25.8 Å². The summed E-state index contributed by atoms with van der Waals surface area (Å²) >= 11 is 0. The van der Waals surface area contributed by atoms with Crippen LogP contribution in [0.3, 0.4) is 0 Å². The number of halogens is 1. The fourth-order valence-electron chi connectivity index (χ4n) is 3.34. The first kappa shape index (κ1) is 22.1. The molecule has 1 heterocycles. The molecule has 1 amide bonds. The number of H-pyrrole nitrogens is 1. The third-order valence-corrected chi connectivity index (χ3v) is 4.80. The van der Waals surface area contributed by atoms with Gasteiger partial charge in [-0.25, -0.2) is 4.39 Å². The Morgan fingerprint density at radius 2 is 1.90 bits per heavy atom. The van der Waals surface area contributed by atoms with Crippen molar-refractivity contribution in [1.29, 1.82) is 0 Å². The maximum Gasteiger partial charge on any atom is 0.307 e. The Morgan fingerprint density at radius 3 is 2.55 bits per heavy atom. The second kappa shape index (κ2) is 10.4. The normalized spacial score (nSPS) is 11.6. The summed E-state index contributed by atoms with van der Waals surface area (Å²) < 4.78 is 24.1. The number of carbonyl (C=O) groups excluding carboxylic acids is 2. The lowest BCUT2D eigenvalue weighted by Crippen LogP contribution is -2.38. The molecule has 0 unspecified atom stereocenters. The van der Waals surface area contributed by atoms with Crippen molar-refractivity contribution in [2.24, 2.45) is 0 Å². The minimum Gasteiger partial charge on any atom is -0.496 e. The first-order valence-corrected chi connectivity index (χ1v) is 10.0. The van der Waals surface area contributed by atoms with E-state index in [4.69, 9.17) is 9.47 Å². The van der Waals surface area contributed by atoms with Crippen LogP contribution in [0.15, 0.2) is 60.8 Å². The number of benzene rings is 2. The molecule has 6 nitrogen and oxygen atoms in total. The van der Waals surface area contributed by atoms with E-state index in [1.807, 2.05) is 24.3 Å². The molecule has 0 bridgehead atoms. The van der Waals surface area contributed by atoms with Crippen LogP contribution >= 0.6 is 0 Å². The van der Waals surface area contributed by atoms with E-state index in [2.05, 4.69) is 10.3 Å². The van der Waals surface area contributed by atoms with E-state index in [0.717, 1.165) is 11.1 Å². The summed E-state index contributed by atoms with van der Waals surface area (Å²) in [6.07, 6.45) is 2.15. The first-order chi connectivity index (χ1) is 15.0. The van der Waals surface area contributed by atoms with E-state index in [0.29, 0.717) is 23.4 Å². The van der Waals surface area contributed by atoms with Crippen LogP contribution in [0.2, 0.25) is 0 Å². The van der Waals surface area contributed by atoms with Crippen LogP contribution in [-0.4, -0.2) is 36.6 Å². The van der Waals surface area contributed by atoms with Crippen LogP contribution in [0.5, 0.6) is 5.75 Å². The summed E-state index contributed by atoms with van der Waals surface area (Å²) in [5.41, 5.74) is 2.79. The second-order valence-corrected chi connectivity index (χ2v) is 7.01. The third-order valence-electron chi connectivity index (χ3n) is 4.80. The molecule has 0 fully saturated rings. The number of aromatic amines is 1. The zero-order valence-electron chi connectivity index (χ0n) is 17.5. The number of hydrogen-bond acceptors (Lipinski definition) is 4. The quantitative estimate of drug-likeness (QED) is 0.507. The number of methoxy groups -OCH3 is 1. The fourth-order valence-corrected chi connectivity index (χ4v) is 3.34. The standard InChI is InChI=1S/C24H25FN2O4/c1-3-31-23(28)15-19(27-24(29)21-5-4-12-26-21)13-16-6-8-17(9-7-16)20-14-18(25)10-11-22(20)30-2/h4-12,14,19,26H,3,13,15H2,1-2H3,(H,27,29)/t19-/m1/s1. The molecule has 1 atom stereocenters. The summed E-state index contributed by atoms with van der Waals surface area (Å²) in [7, 11) is 1.54.